The summed E-state index contributed by atoms with van der Waals surface area (Å²) in [5, 5.41) is 1.87. The number of nitrogens with zero attached hydrogens (tertiary/aromatic N) is 1. The molecule has 0 radical (unpaired) electrons. The van der Waals surface area contributed by atoms with Gasteiger partial charge in [-0.1, -0.05) is 36.4 Å². The van der Waals surface area contributed by atoms with E-state index in [-0.39, 0.29) is 5.91 Å². The summed E-state index contributed by atoms with van der Waals surface area (Å²) in [6, 6.07) is 13.2. The fourth-order valence-corrected chi connectivity index (χ4v) is 1.75. The van der Waals surface area contributed by atoms with Crippen LogP contribution in [0.5, 0.6) is 0 Å². The van der Waals surface area contributed by atoms with E-state index in [9.17, 15) is 4.79 Å². The fraction of sp³-hybridized carbons (Fsp3) is 0. The first-order valence-corrected chi connectivity index (χ1v) is 5.41. The number of hydrogen-bond acceptors (Lipinski definition) is 2. The average molecular weight is 215 g/mol. The maximum atomic E-state index is 11.5. The highest BCUT2D eigenvalue weighted by atomic mass is 32.1. The lowest BCUT2D eigenvalue weighted by molar-refractivity contribution is 0.101. The van der Waals surface area contributed by atoms with Crippen LogP contribution in [0.1, 0.15) is 15.2 Å². The van der Waals surface area contributed by atoms with Gasteiger partial charge in [0.05, 0.1) is 4.88 Å². The van der Waals surface area contributed by atoms with Crippen molar-refractivity contribution in [2.45, 2.75) is 0 Å². The molecule has 15 heavy (non-hydrogen) atoms. The van der Waals surface area contributed by atoms with Crippen molar-refractivity contribution in [1.29, 1.82) is 0 Å². The minimum Gasteiger partial charge on any atom is -0.266 e. The Morgan fingerprint density at radius 1 is 1.13 bits per heavy atom. The zero-order valence-electron chi connectivity index (χ0n) is 7.96. The molecule has 0 N–H and O–H groups in total. The third kappa shape index (κ3) is 2.60. The standard InChI is InChI=1S/C12H9NOS/c14-12(11-7-4-8-15-11)13-9-10-5-2-1-3-6-10/h1-9H. The fourth-order valence-electron chi connectivity index (χ4n) is 1.14. The van der Waals surface area contributed by atoms with Gasteiger partial charge in [-0.3, -0.25) is 4.79 Å². The highest BCUT2D eigenvalue weighted by molar-refractivity contribution is 7.12. The van der Waals surface area contributed by atoms with E-state index in [2.05, 4.69) is 4.99 Å². The summed E-state index contributed by atoms with van der Waals surface area (Å²) in [7, 11) is 0. The molecule has 0 saturated carbocycles. The van der Waals surface area contributed by atoms with E-state index in [4.69, 9.17) is 0 Å². The van der Waals surface area contributed by atoms with Crippen molar-refractivity contribution in [2.24, 2.45) is 4.99 Å². The lowest BCUT2D eigenvalue weighted by Crippen LogP contribution is -1.91. The number of rotatable bonds is 2. The lowest BCUT2D eigenvalue weighted by atomic mass is 10.2. The Kier molecular flexibility index (Phi) is 3.05. The molecule has 0 bridgehead atoms. The molecule has 0 saturated heterocycles. The topological polar surface area (TPSA) is 29.4 Å². The Hall–Kier alpha value is -1.74. The normalized spacial score (nSPS) is 10.7. The third-order valence-corrected chi connectivity index (χ3v) is 2.72. The van der Waals surface area contributed by atoms with E-state index in [1.165, 1.54) is 11.3 Å². The van der Waals surface area contributed by atoms with Gasteiger partial charge in [-0.15, -0.1) is 11.3 Å². The molecule has 0 atom stereocenters. The van der Waals surface area contributed by atoms with Crippen molar-refractivity contribution in [3.05, 3.63) is 58.3 Å². The highest BCUT2D eigenvalue weighted by Gasteiger charge is 2.02. The molecule has 2 nitrogen and oxygen atoms in total. The summed E-state index contributed by atoms with van der Waals surface area (Å²) in [6.45, 7) is 0. The Labute approximate surface area is 91.9 Å². The monoisotopic (exact) mass is 215 g/mol. The van der Waals surface area contributed by atoms with Crippen LogP contribution in [0.4, 0.5) is 0 Å². The molecule has 2 aromatic rings. The van der Waals surface area contributed by atoms with Crippen LogP contribution in [0.3, 0.4) is 0 Å². The van der Waals surface area contributed by atoms with Crippen LogP contribution in [0.2, 0.25) is 0 Å². The summed E-state index contributed by atoms with van der Waals surface area (Å²) >= 11 is 1.40. The maximum Gasteiger partial charge on any atom is 0.287 e. The molecule has 1 heterocycles. The average Bonchev–Trinajstić information content (AvgIpc) is 2.81. The van der Waals surface area contributed by atoms with Crippen LogP contribution < -0.4 is 0 Å². The molecule has 1 amide bonds. The van der Waals surface area contributed by atoms with Crippen molar-refractivity contribution in [3.8, 4) is 0 Å². The Balaban J connectivity index is 2.10. The molecule has 0 aliphatic heterocycles. The van der Waals surface area contributed by atoms with Crippen molar-refractivity contribution in [3.63, 3.8) is 0 Å². The second kappa shape index (κ2) is 4.66. The lowest BCUT2D eigenvalue weighted by Gasteiger charge is -1.90. The molecular formula is C12H9NOS. The molecule has 2 rings (SSSR count). The highest BCUT2D eigenvalue weighted by Crippen LogP contribution is 2.09. The summed E-state index contributed by atoms with van der Waals surface area (Å²) in [5.74, 6) is -0.186. The molecule has 3 heteroatoms. The van der Waals surface area contributed by atoms with E-state index in [0.717, 1.165) is 5.56 Å². The van der Waals surface area contributed by atoms with Crippen LogP contribution in [0, 0.1) is 0 Å². The molecular weight excluding hydrogens is 206 g/mol. The van der Waals surface area contributed by atoms with Crippen LogP contribution in [0.25, 0.3) is 0 Å². The van der Waals surface area contributed by atoms with E-state index >= 15 is 0 Å². The molecule has 0 unspecified atom stereocenters. The van der Waals surface area contributed by atoms with Gasteiger partial charge < -0.3 is 0 Å². The van der Waals surface area contributed by atoms with Crippen LogP contribution in [0.15, 0.2) is 52.8 Å². The minimum absolute atomic E-state index is 0.186. The predicted molar refractivity (Wildman–Crippen MR) is 62.7 cm³/mol. The predicted octanol–water partition coefficient (Wildman–Crippen LogP) is 3.01. The first-order valence-electron chi connectivity index (χ1n) is 4.53. The van der Waals surface area contributed by atoms with Gasteiger partial charge in [-0.25, -0.2) is 4.99 Å². The van der Waals surface area contributed by atoms with E-state index in [0.29, 0.717) is 4.88 Å². The van der Waals surface area contributed by atoms with Gasteiger partial charge in [0.2, 0.25) is 0 Å². The smallest absolute Gasteiger partial charge is 0.266 e. The molecule has 0 aliphatic carbocycles. The maximum absolute atomic E-state index is 11.5. The SMILES string of the molecule is O=C(N=Cc1ccccc1)c1cccs1. The molecule has 0 fully saturated rings. The van der Waals surface area contributed by atoms with Gasteiger partial charge in [0.25, 0.3) is 5.91 Å². The van der Waals surface area contributed by atoms with Gasteiger partial charge >= 0.3 is 0 Å². The van der Waals surface area contributed by atoms with Crippen molar-refractivity contribution in [2.75, 3.05) is 0 Å². The minimum atomic E-state index is -0.186. The van der Waals surface area contributed by atoms with Gasteiger partial charge in [0.15, 0.2) is 0 Å². The van der Waals surface area contributed by atoms with Gasteiger partial charge in [-0.2, -0.15) is 0 Å². The first-order chi connectivity index (χ1) is 7.36. The number of benzene rings is 1. The second-order valence-corrected chi connectivity index (χ2v) is 3.90. The number of hydrogen-bond donors (Lipinski definition) is 0. The summed E-state index contributed by atoms with van der Waals surface area (Å²) in [4.78, 5) is 16.0. The first kappa shape index (κ1) is 9.80. The zero-order valence-corrected chi connectivity index (χ0v) is 8.78. The molecule has 0 spiro atoms. The van der Waals surface area contributed by atoms with Crippen LogP contribution >= 0.6 is 11.3 Å². The van der Waals surface area contributed by atoms with E-state index < -0.39 is 0 Å². The second-order valence-electron chi connectivity index (χ2n) is 2.95. The number of carbonyl (C=O) groups is 1. The number of amides is 1. The van der Waals surface area contributed by atoms with E-state index in [1.54, 1.807) is 12.3 Å². The molecule has 1 aromatic heterocycles. The third-order valence-electron chi connectivity index (χ3n) is 1.86. The molecule has 1 aromatic carbocycles. The summed E-state index contributed by atoms with van der Waals surface area (Å²) < 4.78 is 0. The van der Waals surface area contributed by atoms with Crippen LogP contribution in [-0.4, -0.2) is 12.1 Å². The molecule has 0 aliphatic rings. The Bertz CT molecular complexity index is 460. The van der Waals surface area contributed by atoms with Crippen molar-refractivity contribution >= 4 is 23.5 Å². The van der Waals surface area contributed by atoms with E-state index in [1.807, 2.05) is 41.8 Å². The van der Waals surface area contributed by atoms with Crippen LogP contribution in [-0.2, 0) is 0 Å². The summed E-state index contributed by atoms with van der Waals surface area (Å²) in [5.41, 5.74) is 0.933. The molecule has 74 valence electrons. The Morgan fingerprint density at radius 2 is 1.93 bits per heavy atom. The van der Waals surface area contributed by atoms with Gasteiger partial charge in [0.1, 0.15) is 0 Å². The largest absolute Gasteiger partial charge is 0.287 e. The van der Waals surface area contributed by atoms with Crippen molar-refractivity contribution < 1.29 is 4.79 Å². The van der Waals surface area contributed by atoms with Crippen molar-refractivity contribution in [1.82, 2.24) is 0 Å². The number of carbonyl (C=O) groups excluding carboxylic acids is 1. The quantitative estimate of drug-likeness (QED) is 0.708. The van der Waals surface area contributed by atoms with Gasteiger partial charge in [-0.05, 0) is 17.0 Å². The van der Waals surface area contributed by atoms with Gasteiger partial charge in [0, 0.05) is 6.21 Å². The summed E-state index contributed by atoms with van der Waals surface area (Å²) in [6.07, 6.45) is 1.59. The Morgan fingerprint density at radius 3 is 2.60 bits per heavy atom. The number of thiophene rings is 1. The number of aliphatic imine (C=N–C) groups is 1. The zero-order chi connectivity index (χ0) is 10.5.